The number of hydrogen-bond donors (Lipinski definition) is 0. The lowest BCUT2D eigenvalue weighted by atomic mass is 10.1. The van der Waals surface area contributed by atoms with Gasteiger partial charge in [0.1, 0.15) is 0 Å². The average Bonchev–Trinajstić information content (AvgIpc) is 2.25. The maximum Gasteiger partial charge on any atom is 0.222 e. The first-order chi connectivity index (χ1) is 7.61. The molecule has 1 amide bonds. The number of carbonyl (C=O) groups excluding carboxylic acids is 1. The summed E-state index contributed by atoms with van der Waals surface area (Å²) in [6, 6.07) is 0. The van der Waals surface area contributed by atoms with E-state index in [0.717, 1.165) is 38.8 Å². The molecule has 0 aliphatic heterocycles. The van der Waals surface area contributed by atoms with Gasteiger partial charge in [-0.1, -0.05) is 20.3 Å². The van der Waals surface area contributed by atoms with Crippen LogP contribution >= 0.6 is 11.6 Å². The van der Waals surface area contributed by atoms with Crippen LogP contribution in [0.4, 0.5) is 0 Å². The molecule has 2 nitrogen and oxygen atoms in total. The molecule has 16 heavy (non-hydrogen) atoms. The lowest BCUT2D eigenvalue weighted by Gasteiger charge is -2.21. The number of rotatable bonds is 9. The Morgan fingerprint density at radius 2 is 1.94 bits per heavy atom. The lowest BCUT2D eigenvalue weighted by Crippen LogP contribution is -2.32. The van der Waals surface area contributed by atoms with Gasteiger partial charge in [0.15, 0.2) is 0 Å². The first kappa shape index (κ1) is 15.8. The van der Waals surface area contributed by atoms with Crippen molar-refractivity contribution in [1.29, 1.82) is 0 Å². The van der Waals surface area contributed by atoms with Gasteiger partial charge >= 0.3 is 0 Å². The number of unbranched alkanes of at least 4 members (excludes halogenated alkanes) is 2. The van der Waals surface area contributed by atoms with Crippen molar-refractivity contribution < 1.29 is 4.79 Å². The molecule has 0 atom stereocenters. The topological polar surface area (TPSA) is 20.3 Å². The number of halogens is 1. The minimum atomic E-state index is 0.303. The van der Waals surface area contributed by atoms with Gasteiger partial charge in [-0.05, 0) is 32.1 Å². The predicted molar refractivity (Wildman–Crippen MR) is 70.9 cm³/mol. The zero-order valence-corrected chi connectivity index (χ0v) is 11.7. The van der Waals surface area contributed by atoms with Crippen LogP contribution in [0.2, 0.25) is 0 Å². The largest absolute Gasteiger partial charge is 0.343 e. The van der Waals surface area contributed by atoms with E-state index in [2.05, 4.69) is 20.8 Å². The highest BCUT2D eigenvalue weighted by Gasteiger charge is 2.11. The molecule has 0 radical (unpaired) electrons. The van der Waals surface area contributed by atoms with E-state index in [4.69, 9.17) is 11.6 Å². The van der Waals surface area contributed by atoms with Gasteiger partial charge in [0.05, 0.1) is 0 Å². The Bertz CT molecular complexity index is 183. The molecule has 0 saturated heterocycles. The molecule has 0 fully saturated rings. The fourth-order valence-electron chi connectivity index (χ4n) is 1.58. The molecule has 0 aliphatic rings. The molecule has 0 aromatic rings. The van der Waals surface area contributed by atoms with Crippen LogP contribution in [0.1, 0.15) is 52.9 Å². The summed E-state index contributed by atoms with van der Waals surface area (Å²) in [4.78, 5) is 13.8. The Morgan fingerprint density at radius 1 is 1.25 bits per heavy atom. The van der Waals surface area contributed by atoms with Crippen LogP contribution in [0.5, 0.6) is 0 Å². The minimum absolute atomic E-state index is 0.303. The third kappa shape index (κ3) is 7.98. The lowest BCUT2D eigenvalue weighted by molar-refractivity contribution is -0.131. The van der Waals surface area contributed by atoms with Gasteiger partial charge in [-0.25, -0.2) is 0 Å². The molecule has 0 aromatic heterocycles. The quantitative estimate of drug-likeness (QED) is 0.450. The third-order valence-corrected chi connectivity index (χ3v) is 3.00. The highest BCUT2D eigenvalue weighted by atomic mass is 35.5. The van der Waals surface area contributed by atoms with E-state index in [1.807, 2.05) is 4.90 Å². The van der Waals surface area contributed by atoms with Crippen molar-refractivity contribution in [3.05, 3.63) is 0 Å². The van der Waals surface area contributed by atoms with Crippen molar-refractivity contribution in [3.8, 4) is 0 Å². The molecular weight excluding hydrogens is 222 g/mol. The third-order valence-electron chi connectivity index (χ3n) is 2.74. The first-order valence-corrected chi connectivity index (χ1v) is 6.99. The van der Waals surface area contributed by atoms with E-state index >= 15 is 0 Å². The summed E-state index contributed by atoms with van der Waals surface area (Å²) in [7, 11) is 0. The molecule has 0 spiro atoms. The molecule has 0 N–H and O–H groups in total. The second-order valence-electron chi connectivity index (χ2n) is 4.66. The Balaban J connectivity index is 3.73. The Labute approximate surface area is 105 Å². The monoisotopic (exact) mass is 247 g/mol. The summed E-state index contributed by atoms with van der Waals surface area (Å²) in [6.07, 6.45) is 4.84. The van der Waals surface area contributed by atoms with Crippen LogP contribution < -0.4 is 0 Å². The van der Waals surface area contributed by atoms with Gasteiger partial charge in [0.25, 0.3) is 0 Å². The smallest absolute Gasteiger partial charge is 0.222 e. The van der Waals surface area contributed by atoms with E-state index in [1.165, 1.54) is 0 Å². The van der Waals surface area contributed by atoms with Crippen molar-refractivity contribution in [2.75, 3.05) is 19.0 Å². The van der Waals surface area contributed by atoms with E-state index in [-0.39, 0.29) is 0 Å². The molecule has 3 heteroatoms. The van der Waals surface area contributed by atoms with Crippen molar-refractivity contribution in [2.24, 2.45) is 5.92 Å². The van der Waals surface area contributed by atoms with Gasteiger partial charge in [-0.15, -0.1) is 11.6 Å². The summed E-state index contributed by atoms with van der Waals surface area (Å²) in [5.74, 6) is 1.68. The number of carbonyl (C=O) groups is 1. The molecule has 0 aromatic carbocycles. The second-order valence-corrected chi connectivity index (χ2v) is 5.03. The molecular formula is C13H26ClNO. The number of nitrogens with zero attached hydrogens (tertiary/aromatic N) is 1. The Kier molecular flexibility index (Phi) is 9.80. The van der Waals surface area contributed by atoms with Crippen LogP contribution in [-0.4, -0.2) is 29.8 Å². The second kappa shape index (κ2) is 9.95. The molecule has 0 unspecified atom stereocenters. The number of amides is 1. The fraction of sp³-hybridized carbons (Fsp3) is 0.923. The van der Waals surface area contributed by atoms with Gasteiger partial charge in [0.2, 0.25) is 5.91 Å². The van der Waals surface area contributed by atoms with Crippen molar-refractivity contribution in [3.63, 3.8) is 0 Å². The molecule has 96 valence electrons. The van der Waals surface area contributed by atoms with Crippen LogP contribution in [0.15, 0.2) is 0 Å². The van der Waals surface area contributed by atoms with Crippen molar-refractivity contribution in [1.82, 2.24) is 4.90 Å². The molecule has 0 heterocycles. The molecule has 0 rings (SSSR count). The van der Waals surface area contributed by atoms with Gasteiger partial charge in [-0.2, -0.15) is 0 Å². The van der Waals surface area contributed by atoms with Crippen LogP contribution in [0.3, 0.4) is 0 Å². The van der Waals surface area contributed by atoms with E-state index < -0.39 is 0 Å². The standard InChI is InChI=1S/C13H26ClNO/c1-4-15(11-9-12(2)3)13(16)8-6-5-7-10-14/h12H,4-11H2,1-3H3. The summed E-state index contributed by atoms with van der Waals surface area (Å²) in [5, 5.41) is 0. The molecule has 0 aliphatic carbocycles. The summed E-state index contributed by atoms with van der Waals surface area (Å²) >= 11 is 5.60. The maximum atomic E-state index is 11.8. The average molecular weight is 248 g/mol. The van der Waals surface area contributed by atoms with E-state index in [9.17, 15) is 4.79 Å². The Morgan fingerprint density at radius 3 is 2.44 bits per heavy atom. The SMILES string of the molecule is CCN(CCC(C)C)C(=O)CCCCCCl. The summed E-state index contributed by atoms with van der Waals surface area (Å²) in [6.45, 7) is 8.18. The molecule has 0 saturated carbocycles. The normalized spacial score (nSPS) is 10.8. The maximum absolute atomic E-state index is 11.8. The van der Waals surface area contributed by atoms with Gasteiger partial charge in [0, 0.05) is 25.4 Å². The zero-order chi connectivity index (χ0) is 12.4. The molecule has 0 bridgehead atoms. The Hall–Kier alpha value is -0.240. The van der Waals surface area contributed by atoms with Crippen LogP contribution in [-0.2, 0) is 4.79 Å². The minimum Gasteiger partial charge on any atom is -0.343 e. The number of alkyl halides is 1. The van der Waals surface area contributed by atoms with Crippen molar-refractivity contribution in [2.45, 2.75) is 52.9 Å². The van der Waals surface area contributed by atoms with Gasteiger partial charge < -0.3 is 4.90 Å². The fourth-order valence-corrected chi connectivity index (χ4v) is 1.77. The summed E-state index contributed by atoms with van der Waals surface area (Å²) < 4.78 is 0. The van der Waals surface area contributed by atoms with E-state index in [0.29, 0.717) is 24.1 Å². The number of hydrogen-bond acceptors (Lipinski definition) is 1. The van der Waals surface area contributed by atoms with Crippen LogP contribution in [0, 0.1) is 5.92 Å². The predicted octanol–water partition coefficient (Wildman–Crippen LogP) is 3.68. The first-order valence-electron chi connectivity index (χ1n) is 6.45. The van der Waals surface area contributed by atoms with E-state index in [1.54, 1.807) is 0 Å². The highest BCUT2D eigenvalue weighted by molar-refractivity contribution is 6.17. The summed E-state index contributed by atoms with van der Waals surface area (Å²) in [5.41, 5.74) is 0. The van der Waals surface area contributed by atoms with Crippen LogP contribution in [0.25, 0.3) is 0 Å². The zero-order valence-electron chi connectivity index (χ0n) is 11.0. The van der Waals surface area contributed by atoms with Crippen molar-refractivity contribution >= 4 is 17.5 Å². The van der Waals surface area contributed by atoms with Gasteiger partial charge in [-0.3, -0.25) is 4.79 Å². The highest BCUT2D eigenvalue weighted by Crippen LogP contribution is 2.07.